The van der Waals surface area contributed by atoms with Crippen molar-refractivity contribution in [2.75, 3.05) is 24.6 Å². The van der Waals surface area contributed by atoms with Crippen LogP contribution in [0, 0.1) is 0 Å². The molecule has 0 aromatic heterocycles. The van der Waals surface area contributed by atoms with Gasteiger partial charge in [0.1, 0.15) is 0 Å². The van der Waals surface area contributed by atoms with Crippen LogP contribution < -0.4 is 0 Å². The van der Waals surface area contributed by atoms with Crippen LogP contribution in [-0.4, -0.2) is 40.8 Å². The van der Waals surface area contributed by atoms with E-state index in [0.717, 1.165) is 24.4 Å². The van der Waals surface area contributed by atoms with Gasteiger partial charge in [0.15, 0.2) is 5.78 Å². The minimum Gasteiger partial charge on any atom is -0.292 e. The van der Waals surface area contributed by atoms with E-state index in [2.05, 4.69) is 30.9 Å². The number of Topliss-reactive ketones (excluding diaryl/α,β-unsaturated/α-hetero) is 1. The van der Waals surface area contributed by atoms with Gasteiger partial charge in [-0.15, -0.1) is 23.5 Å². The molecule has 1 fully saturated rings. The SMILES string of the molecule is CC(C)(C(=O)c1ccc2c(c1)SCCS2)N1CCCC1. The minimum atomic E-state index is -0.378. The minimum absolute atomic E-state index is 0.262. The second kappa shape index (κ2) is 5.74. The smallest absolute Gasteiger partial charge is 0.182 e. The van der Waals surface area contributed by atoms with Crippen molar-refractivity contribution in [1.82, 2.24) is 4.90 Å². The molecule has 2 nitrogen and oxygen atoms in total. The van der Waals surface area contributed by atoms with Gasteiger partial charge in [-0.3, -0.25) is 9.69 Å². The summed E-state index contributed by atoms with van der Waals surface area (Å²) >= 11 is 3.78. The Bertz CT molecular complexity index is 521. The second-order valence-electron chi connectivity index (χ2n) is 5.94. The van der Waals surface area contributed by atoms with Gasteiger partial charge in [-0.2, -0.15) is 0 Å². The summed E-state index contributed by atoms with van der Waals surface area (Å²) in [5, 5.41) is 0. The van der Waals surface area contributed by atoms with Crippen LogP contribution >= 0.6 is 23.5 Å². The average Bonchev–Trinajstić information content (AvgIpc) is 3.01. The van der Waals surface area contributed by atoms with Gasteiger partial charge in [0, 0.05) is 26.9 Å². The molecular weight excluding hydrogens is 286 g/mol. The first-order valence-electron chi connectivity index (χ1n) is 7.28. The molecule has 108 valence electrons. The maximum absolute atomic E-state index is 12.9. The van der Waals surface area contributed by atoms with Crippen molar-refractivity contribution in [2.45, 2.75) is 42.0 Å². The second-order valence-corrected chi connectivity index (χ2v) is 8.21. The predicted molar refractivity (Wildman–Crippen MR) is 87.1 cm³/mol. The highest BCUT2D eigenvalue weighted by molar-refractivity contribution is 8.05. The van der Waals surface area contributed by atoms with Crippen molar-refractivity contribution in [1.29, 1.82) is 0 Å². The molecule has 0 saturated carbocycles. The Hall–Kier alpha value is -0.450. The molecule has 2 heterocycles. The van der Waals surface area contributed by atoms with Gasteiger partial charge in [0.05, 0.1) is 5.54 Å². The van der Waals surface area contributed by atoms with Gasteiger partial charge < -0.3 is 0 Å². The molecule has 0 aliphatic carbocycles. The van der Waals surface area contributed by atoms with Gasteiger partial charge in [-0.25, -0.2) is 0 Å². The lowest BCUT2D eigenvalue weighted by Crippen LogP contribution is -2.48. The molecule has 0 unspecified atom stereocenters. The van der Waals surface area contributed by atoms with Gasteiger partial charge in [-0.1, -0.05) is 6.07 Å². The summed E-state index contributed by atoms with van der Waals surface area (Å²) in [5.74, 6) is 2.58. The summed E-state index contributed by atoms with van der Waals surface area (Å²) in [6.45, 7) is 6.24. The average molecular weight is 307 g/mol. The molecule has 0 amide bonds. The topological polar surface area (TPSA) is 20.3 Å². The zero-order valence-electron chi connectivity index (χ0n) is 12.1. The number of carbonyl (C=O) groups excluding carboxylic acids is 1. The van der Waals surface area contributed by atoms with Crippen molar-refractivity contribution in [3.8, 4) is 0 Å². The number of fused-ring (bicyclic) bond motifs is 1. The van der Waals surface area contributed by atoms with Crippen LogP contribution in [0.4, 0.5) is 0 Å². The van der Waals surface area contributed by atoms with E-state index >= 15 is 0 Å². The number of benzene rings is 1. The molecule has 2 aliphatic heterocycles. The third-order valence-corrected chi connectivity index (χ3v) is 6.78. The standard InChI is InChI=1S/C16H21NOS2/c1-16(2,17-7-3-4-8-17)15(18)12-5-6-13-14(11-12)20-10-9-19-13/h5-6,11H,3-4,7-10H2,1-2H3. The first-order chi connectivity index (χ1) is 9.59. The highest BCUT2D eigenvalue weighted by Crippen LogP contribution is 2.37. The van der Waals surface area contributed by atoms with E-state index in [9.17, 15) is 4.79 Å². The van der Waals surface area contributed by atoms with Crippen molar-refractivity contribution < 1.29 is 4.79 Å². The van der Waals surface area contributed by atoms with Crippen LogP contribution in [0.2, 0.25) is 0 Å². The number of carbonyl (C=O) groups is 1. The third-order valence-electron chi connectivity index (χ3n) is 4.26. The van der Waals surface area contributed by atoms with Crippen LogP contribution in [-0.2, 0) is 0 Å². The summed E-state index contributed by atoms with van der Waals surface area (Å²) in [6, 6.07) is 6.24. The molecule has 0 spiro atoms. The first-order valence-corrected chi connectivity index (χ1v) is 9.26. The normalized spacial score (nSPS) is 19.9. The van der Waals surface area contributed by atoms with E-state index < -0.39 is 0 Å². The number of ketones is 1. The van der Waals surface area contributed by atoms with Crippen LogP contribution in [0.1, 0.15) is 37.0 Å². The predicted octanol–water partition coefficient (Wildman–Crippen LogP) is 3.94. The summed E-state index contributed by atoms with van der Waals surface area (Å²) in [7, 11) is 0. The Labute approximate surface area is 129 Å². The summed E-state index contributed by atoms with van der Waals surface area (Å²) in [5.41, 5.74) is 0.493. The molecular formula is C16H21NOS2. The maximum atomic E-state index is 12.9. The molecule has 4 heteroatoms. The van der Waals surface area contributed by atoms with E-state index in [1.807, 2.05) is 29.6 Å². The summed E-state index contributed by atoms with van der Waals surface area (Å²) in [4.78, 5) is 17.8. The van der Waals surface area contributed by atoms with Crippen molar-refractivity contribution in [3.63, 3.8) is 0 Å². The summed E-state index contributed by atoms with van der Waals surface area (Å²) < 4.78 is 0. The van der Waals surface area contributed by atoms with E-state index in [-0.39, 0.29) is 11.3 Å². The number of hydrogen-bond donors (Lipinski definition) is 0. The number of rotatable bonds is 3. The molecule has 0 bridgehead atoms. The van der Waals surface area contributed by atoms with Gasteiger partial charge in [0.2, 0.25) is 0 Å². The fourth-order valence-electron chi connectivity index (χ4n) is 2.96. The Kier molecular flexibility index (Phi) is 4.16. The lowest BCUT2D eigenvalue weighted by Gasteiger charge is -2.34. The molecule has 1 aromatic rings. The Morgan fingerprint density at radius 1 is 1.10 bits per heavy atom. The molecule has 0 N–H and O–H groups in total. The van der Waals surface area contributed by atoms with Crippen molar-refractivity contribution >= 4 is 29.3 Å². The Morgan fingerprint density at radius 2 is 1.75 bits per heavy atom. The van der Waals surface area contributed by atoms with E-state index in [1.54, 1.807) is 0 Å². The first kappa shape index (κ1) is 14.5. The number of hydrogen-bond acceptors (Lipinski definition) is 4. The third kappa shape index (κ3) is 2.66. The number of thioether (sulfide) groups is 2. The number of nitrogens with zero attached hydrogens (tertiary/aromatic N) is 1. The Morgan fingerprint density at radius 3 is 2.45 bits per heavy atom. The molecule has 2 aliphatic rings. The molecule has 20 heavy (non-hydrogen) atoms. The number of likely N-dealkylation sites (tertiary alicyclic amines) is 1. The van der Waals surface area contributed by atoms with E-state index in [0.29, 0.717) is 0 Å². The Balaban J connectivity index is 1.86. The highest BCUT2D eigenvalue weighted by Gasteiger charge is 2.36. The van der Waals surface area contributed by atoms with E-state index in [1.165, 1.54) is 28.4 Å². The zero-order chi connectivity index (χ0) is 14.2. The van der Waals surface area contributed by atoms with Crippen LogP contribution in [0.15, 0.2) is 28.0 Å². The molecule has 0 atom stereocenters. The monoisotopic (exact) mass is 307 g/mol. The van der Waals surface area contributed by atoms with E-state index in [4.69, 9.17) is 0 Å². The fourth-order valence-corrected chi connectivity index (χ4v) is 5.20. The van der Waals surface area contributed by atoms with Crippen LogP contribution in [0.25, 0.3) is 0 Å². The van der Waals surface area contributed by atoms with Crippen molar-refractivity contribution in [2.24, 2.45) is 0 Å². The quantitative estimate of drug-likeness (QED) is 0.788. The lowest BCUT2D eigenvalue weighted by atomic mass is 9.91. The van der Waals surface area contributed by atoms with Gasteiger partial charge >= 0.3 is 0 Å². The molecule has 3 rings (SSSR count). The molecule has 1 saturated heterocycles. The fraction of sp³-hybridized carbons (Fsp3) is 0.562. The van der Waals surface area contributed by atoms with Crippen molar-refractivity contribution in [3.05, 3.63) is 23.8 Å². The maximum Gasteiger partial charge on any atom is 0.182 e. The highest BCUT2D eigenvalue weighted by atomic mass is 32.2. The largest absolute Gasteiger partial charge is 0.292 e. The summed E-state index contributed by atoms with van der Waals surface area (Å²) in [6.07, 6.45) is 2.43. The van der Waals surface area contributed by atoms with Crippen LogP contribution in [0.5, 0.6) is 0 Å². The molecule has 1 aromatic carbocycles. The zero-order valence-corrected chi connectivity index (χ0v) is 13.8. The lowest BCUT2D eigenvalue weighted by molar-refractivity contribution is 0.0702. The van der Waals surface area contributed by atoms with Gasteiger partial charge in [0.25, 0.3) is 0 Å². The van der Waals surface area contributed by atoms with Gasteiger partial charge in [-0.05, 0) is 51.9 Å². The van der Waals surface area contributed by atoms with Crippen LogP contribution in [0.3, 0.4) is 0 Å². The molecule has 0 radical (unpaired) electrons.